The maximum Gasteiger partial charge on any atom is 0.525 e. The second kappa shape index (κ2) is 3.70. The Morgan fingerprint density at radius 1 is 1.57 bits per heavy atom. The van der Waals surface area contributed by atoms with Gasteiger partial charge in [0.15, 0.2) is 6.10 Å². The van der Waals surface area contributed by atoms with Crippen molar-refractivity contribution >= 4 is 13.8 Å². The number of aliphatic hydroxyl groups is 1. The van der Waals surface area contributed by atoms with E-state index >= 15 is 0 Å². The van der Waals surface area contributed by atoms with Crippen LogP contribution in [0.1, 0.15) is 6.92 Å². The fourth-order valence-corrected chi connectivity index (χ4v) is 1.44. The average Bonchev–Trinajstić information content (AvgIpc) is 2.29. The molecule has 1 rings (SSSR count). The molecule has 0 saturated heterocycles. The number of phosphoric acid groups is 1. The van der Waals surface area contributed by atoms with Crippen LogP contribution in [0.15, 0.2) is 11.3 Å². The maximum absolute atomic E-state index is 11.0. The van der Waals surface area contributed by atoms with Gasteiger partial charge < -0.3 is 14.4 Å². The van der Waals surface area contributed by atoms with E-state index in [0.29, 0.717) is 0 Å². The Bertz CT molecular complexity index is 327. The molecule has 0 fully saturated rings. The monoisotopic (exact) mass is 224 g/mol. The van der Waals surface area contributed by atoms with Crippen molar-refractivity contribution in [2.75, 3.05) is 6.61 Å². The summed E-state index contributed by atoms with van der Waals surface area (Å²) in [5, 5.41) is 8.71. The van der Waals surface area contributed by atoms with Crippen molar-refractivity contribution in [3.05, 3.63) is 11.3 Å². The first kappa shape index (κ1) is 11.2. The summed E-state index contributed by atoms with van der Waals surface area (Å²) in [5.74, 6) is -1.51. The number of phosphoric ester groups is 1. The topological polar surface area (TPSA) is 113 Å². The predicted octanol–water partition coefficient (Wildman–Crippen LogP) is -0.713. The molecule has 0 unspecified atom stereocenters. The maximum atomic E-state index is 11.0. The Morgan fingerprint density at radius 2 is 2.14 bits per heavy atom. The second-order valence-corrected chi connectivity index (χ2v) is 3.83. The lowest BCUT2D eigenvalue weighted by molar-refractivity contribution is -0.143. The highest BCUT2D eigenvalue weighted by Gasteiger charge is 2.36. The summed E-state index contributed by atoms with van der Waals surface area (Å²) in [5.41, 5.74) is 0.167. The van der Waals surface area contributed by atoms with E-state index in [0.717, 1.165) is 0 Å². The van der Waals surface area contributed by atoms with E-state index in [1.165, 1.54) is 6.92 Å². The summed E-state index contributed by atoms with van der Waals surface area (Å²) in [6.07, 6.45) is -0.885. The van der Waals surface area contributed by atoms with Crippen LogP contribution >= 0.6 is 7.82 Å². The van der Waals surface area contributed by atoms with Crippen molar-refractivity contribution in [2.45, 2.75) is 13.0 Å². The molecule has 1 atom stereocenters. The van der Waals surface area contributed by atoms with Gasteiger partial charge in [0.25, 0.3) is 0 Å². The average molecular weight is 224 g/mol. The molecule has 0 spiro atoms. The first-order valence-electron chi connectivity index (χ1n) is 3.63. The van der Waals surface area contributed by atoms with Gasteiger partial charge in [-0.1, -0.05) is 0 Å². The zero-order chi connectivity index (χ0) is 10.9. The van der Waals surface area contributed by atoms with E-state index in [1.54, 1.807) is 0 Å². The van der Waals surface area contributed by atoms with Gasteiger partial charge in [0.1, 0.15) is 0 Å². The minimum atomic E-state index is -4.77. The molecule has 0 aromatic heterocycles. The molecule has 0 radical (unpaired) electrons. The lowest BCUT2D eigenvalue weighted by Gasteiger charge is -2.05. The molecule has 7 nitrogen and oxygen atoms in total. The van der Waals surface area contributed by atoms with Gasteiger partial charge >= 0.3 is 13.8 Å². The van der Waals surface area contributed by atoms with Gasteiger partial charge in [0, 0.05) is 5.57 Å². The molecule has 0 saturated carbocycles. The Kier molecular flexibility index (Phi) is 2.96. The Labute approximate surface area is 79.2 Å². The van der Waals surface area contributed by atoms with Crippen molar-refractivity contribution in [3.63, 3.8) is 0 Å². The van der Waals surface area contributed by atoms with E-state index in [-0.39, 0.29) is 5.57 Å². The fourth-order valence-electron chi connectivity index (χ4n) is 0.981. The Balaban J connectivity index is 2.91. The van der Waals surface area contributed by atoms with Crippen LogP contribution < -0.4 is 0 Å². The molecule has 8 heteroatoms. The van der Waals surface area contributed by atoms with Crippen LogP contribution in [0.25, 0.3) is 0 Å². The number of cyclic esters (lactones) is 1. The Hall–Kier alpha value is -0.880. The van der Waals surface area contributed by atoms with E-state index in [4.69, 9.17) is 14.9 Å². The molecule has 80 valence electrons. The summed E-state index contributed by atoms with van der Waals surface area (Å²) in [7, 11) is -4.77. The third-order valence-electron chi connectivity index (χ3n) is 1.65. The zero-order valence-electron chi connectivity index (χ0n) is 7.21. The molecule has 0 amide bonds. The minimum Gasteiger partial charge on any atom is -0.449 e. The quantitative estimate of drug-likeness (QED) is 0.428. The SMILES string of the molecule is CC1=C(OP(=O)(O)O)C(=O)O[C@@H]1CO. The Morgan fingerprint density at radius 3 is 2.50 bits per heavy atom. The second-order valence-electron chi connectivity index (χ2n) is 2.67. The number of aliphatic hydroxyl groups excluding tert-OH is 1. The third-order valence-corrected chi connectivity index (χ3v) is 2.07. The molecule has 1 aliphatic heterocycles. The van der Waals surface area contributed by atoms with Crippen molar-refractivity contribution in [2.24, 2.45) is 0 Å². The van der Waals surface area contributed by atoms with Crippen LogP contribution in [0.4, 0.5) is 0 Å². The van der Waals surface area contributed by atoms with Crippen LogP contribution in [0.3, 0.4) is 0 Å². The minimum absolute atomic E-state index is 0.167. The van der Waals surface area contributed by atoms with Crippen LogP contribution in [-0.4, -0.2) is 33.6 Å². The number of esters is 1. The highest BCUT2D eigenvalue weighted by molar-refractivity contribution is 7.46. The highest BCUT2D eigenvalue weighted by atomic mass is 31.2. The van der Waals surface area contributed by atoms with Gasteiger partial charge in [-0.3, -0.25) is 9.79 Å². The molecule has 0 aliphatic carbocycles. The van der Waals surface area contributed by atoms with Crippen molar-refractivity contribution in [1.29, 1.82) is 0 Å². The van der Waals surface area contributed by atoms with Gasteiger partial charge in [0.05, 0.1) is 6.61 Å². The van der Waals surface area contributed by atoms with Crippen LogP contribution in [0.5, 0.6) is 0 Å². The molecular formula is C6H9O7P. The standard InChI is InChI=1S/C6H9O7P/c1-3-4(2-7)12-6(8)5(3)13-14(9,10)11/h4,7H,2H2,1H3,(H2,9,10,11)/t4-/m1/s1. The first-order chi connectivity index (χ1) is 6.35. The number of rotatable bonds is 3. The van der Waals surface area contributed by atoms with E-state index in [9.17, 15) is 9.36 Å². The molecule has 3 N–H and O–H groups in total. The van der Waals surface area contributed by atoms with Gasteiger partial charge in [-0.2, -0.15) is 0 Å². The fraction of sp³-hybridized carbons (Fsp3) is 0.500. The number of hydrogen-bond acceptors (Lipinski definition) is 5. The summed E-state index contributed by atoms with van der Waals surface area (Å²) in [6.45, 7) is 0.933. The van der Waals surface area contributed by atoms with Gasteiger partial charge in [0.2, 0.25) is 5.76 Å². The smallest absolute Gasteiger partial charge is 0.449 e. The van der Waals surface area contributed by atoms with Crippen molar-refractivity contribution in [1.82, 2.24) is 0 Å². The van der Waals surface area contributed by atoms with Crippen LogP contribution in [0.2, 0.25) is 0 Å². The predicted molar refractivity (Wildman–Crippen MR) is 42.8 cm³/mol. The summed E-state index contributed by atoms with van der Waals surface area (Å²) >= 11 is 0. The van der Waals surface area contributed by atoms with E-state index in [2.05, 4.69) is 9.26 Å². The number of hydrogen-bond donors (Lipinski definition) is 3. The lowest BCUT2D eigenvalue weighted by atomic mass is 10.2. The van der Waals surface area contributed by atoms with Crippen molar-refractivity contribution in [3.8, 4) is 0 Å². The van der Waals surface area contributed by atoms with E-state index < -0.39 is 32.3 Å². The van der Waals surface area contributed by atoms with Gasteiger partial charge in [-0.15, -0.1) is 0 Å². The van der Waals surface area contributed by atoms with E-state index in [1.807, 2.05) is 0 Å². The summed E-state index contributed by atoms with van der Waals surface area (Å²) in [4.78, 5) is 27.9. The third kappa shape index (κ3) is 2.33. The highest BCUT2D eigenvalue weighted by Crippen LogP contribution is 2.41. The zero-order valence-corrected chi connectivity index (χ0v) is 8.10. The van der Waals surface area contributed by atoms with Crippen LogP contribution in [0, 0.1) is 0 Å². The molecule has 0 bridgehead atoms. The molecular weight excluding hydrogens is 215 g/mol. The van der Waals surface area contributed by atoms with Crippen LogP contribution in [-0.2, 0) is 18.6 Å². The molecule has 14 heavy (non-hydrogen) atoms. The number of carbonyl (C=O) groups is 1. The largest absolute Gasteiger partial charge is 0.525 e. The molecule has 0 aromatic carbocycles. The van der Waals surface area contributed by atoms with Crippen molar-refractivity contribution < 1.29 is 33.5 Å². The molecule has 1 aliphatic rings. The van der Waals surface area contributed by atoms with Gasteiger partial charge in [-0.25, -0.2) is 9.36 Å². The summed E-state index contributed by atoms with van der Waals surface area (Å²) in [6, 6.07) is 0. The number of carbonyl (C=O) groups excluding carboxylic acids is 1. The molecule has 0 aromatic rings. The summed E-state index contributed by atoms with van der Waals surface area (Å²) < 4.78 is 19.1. The van der Waals surface area contributed by atoms with Gasteiger partial charge in [-0.05, 0) is 6.92 Å². The number of ether oxygens (including phenoxy) is 1. The normalized spacial score (nSPS) is 22.6. The lowest BCUT2D eigenvalue weighted by Crippen LogP contribution is -2.14. The molecule has 1 heterocycles. The first-order valence-corrected chi connectivity index (χ1v) is 5.16.